The summed E-state index contributed by atoms with van der Waals surface area (Å²) in [4.78, 5) is 0. The first kappa shape index (κ1) is 5.76. The van der Waals surface area contributed by atoms with E-state index in [9.17, 15) is 0 Å². The van der Waals surface area contributed by atoms with Crippen LogP contribution in [0.1, 0.15) is 6.92 Å². The molecule has 0 unspecified atom stereocenters. The quantitative estimate of drug-likeness (QED) is 0.566. The normalized spacial score (nSPS) is 8.40. The van der Waals surface area contributed by atoms with Gasteiger partial charge in [0.05, 0.1) is 0 Å². The van der Waals surface area contributed by atoms with Crippen molar-refractivity contribution in [2.24, 2.45) is 0 Å². The number of hydrogen-bond donors (Lipinski definition) is 0. The molecule has 0 aliphatic rings. The van der Waals surface area contributed by atoms with Gasteiger partial charge in [-0.1, -0.05) is 0 Å². The van der Waals surface area contributed by atoms with E-state index in [1.54, 1.807) is 7.11 Å². The predicted octanol–water partition coefficient (Wildman–Crippen LogP) is 0.690. The second-order valence-electron chi connectivity index (χ2n) is 0.702. The summed E-state index contributed by atoms with van der Waals surface area (Å²) >= 11 is -0.282. The van der Waals surface area contributed by atoms with E-state index < -0.39 is 0 Å². The fourth-order valence-electron chi connectivity index (χ4n) is 0.144. The monoisotopic (exact) mass is 180 g/mol. The summed E-state index contributed by atoms with van der Waals surface area (Å²) in [5.41, 5.74) is 0. The molecule has 1 nitrogen and oxygen atoms in total. The van der Waals surface area contributed by atoms with Crippen molar-refractivity contribution < 1.29 is 3.07 Å². The van der Waals surface area contributed by atoms with E-state index in [1.165, 1.54) is 4.44 Å². The Kier molecular flexibility index (Phi) is 5.48. The third kappa shape index (κ3) is 4.76. The maximum absolute atomic E-state index is 4.86. The van der Waals surface area contributed by atoms with Gasteiger partial charge in [-0.2, -0.15) is 0 Å². The molecular formula is C3H8OSn. The van der Waals surface area contributed by atoms with E-state index in [-0.39, 0.29) is 21.6 Å². The van der Waals surface area contributed by atoms with E-state index >= 15 is 0 Å². The average molecular weight is 179 g/mol. The van der Waals surface area contributed by atoms with Crippen molar-refractivity contribution >= 4 is 21.6 Å². The standard InChI is InChI=1S/C2H5.CH3O.Sn/c2*1-2;/h1H2,2H3;1H3;/q;-1;+1. The van der Waals surface area contributed by atoms with Crippen molar-refractivity contribution in [2.75, 3.05) is 7.11 Å². The van der Waals surface area contributed by atoms with E-state index in [0.717, 1.165) is 0 Å². The van der Waals surface area contributed by atoms with E-state index in [4.69, 9.17) is 3.07 Å². The van der Waals surface area contributed by atoms with Crippen molar-refractivity contribution in [3.8, 4) is 0 Å². The SMILES string of the molecule is C[CH2][Sn][O]C. The van der Waals surface area contributed by atoms with Gasteiger partial charge in [0.1, 0.15) is 0 Å². The third-order valence-electron chi connectivity index (χ3n) is 0.289. The second-order valence-corrected chi connectivity index (χ2v) is 4.71. The summed E-state index contributed by atoms with van der Waals surface area (Å²) in [6.45, 7) is 2.16. The molecule has 2 heteroatoms. The van der Waals surface area contributed by atoms with Crippen LogP contribution in [-0.2, 0) is 3.07 Å². The Morgan fingerprint density at radius 1 is 1.80 bits per heavy atom. The second kappa shape index (κ2) is 4.76. The topological polar surface area (TPSA) is 9.23 Å². The molecule has 0 aromatic heterocycles. The van der Waals surface area contributed by atoms with Crippen molar-refractivity contribution in [3.05, 3.63) is 0 Å². The molecule has 0 spiro atoms. The summed E-state index contributed by atoms with van der Waals surface area (Å²) in [7, 11) is 1.79. The molecule has 30 valence electrons. The van der Waals surface area contributed by atoms with Crippen LogP contribution >= 0.6 is 0 Å². The van der Waals surface area contributed by atoms with Gasteiger partial charge in [0.25, 0.3) is 0 Å². The van der Waals surface area contributed by atoms with Crippen molar-refractivity contribution in [3.63, 3.8) is 0 Å². The molecule has 0 aromatic rings. The first-order chi connectivity index (χ1) is 2.41. The zero-order valence-electron chi connectivity index (χ0n) is 3.62. The molecule has 0 fully saturated rings. The van der Waals surface area contributed by atoms with Crippen LogP contribution in [0.5, 0.6) is 0 Å². The number of rotatable bonds is 2. The van der Waals surface area contributed by atoms with Crippen molar-refractivity contribution in [1.82, 2.24) is 0 Å². The Morgan fingerprint density at radius 2 is 2.40 bits per heavy atom. The van der Waals surface area contributed by atoms with Crippen LogP contribution < -0.4 is 0 Å². The van der Waals surface area contributed by atoms with Crippen LogP contribution in [-0.4, -0.2) is 28.7 Å². The molecule has 0 aromatic carbocycles. The van der Waals surface area contributed by atoms with Gasteiger partial charge in [-0.25, -0.2) is 0 Å². The van der Waals surface area contributed by atoms with Gasteiger partial charge in [-0.3, -0.25) is 0 Å². The molecule has 0 saturated heterocycles. The molecule has 0 aliphatic heterocycles. The fraction of sp³-hybridized carbons (Fsp3) is 1.00. The van der Waals surface area contributed by atoms with Gasteiger partial charge >= 0.3 is 43.1 Å². The molecule has 0 rings (SSSR count). The minimum atomic E-state index is -0.282. The van der Waals surface area contributed by atoms with E-state index in [0.29, 0.717) is 0 Å². The molecule has 0 bridgehead atoms. The van der Waals surface area contributed by atoms with Crippen molar-refractivity contribution in [1.29, 1.82) is 0 Å². The summed E-state index contributed by atoms with van der Waals surface area (Å²) in [6.07, 6.45) is 0. The third-order valence-corrected chi connectivity index (χ3v) is 1.94. The zero-order chi connectivity index (χ0) is 4.12. The number of hydrogen-bond acceptors (Lipinski definition) is 1. The Bertz CT molecular complexity index is 14.4. The maximum atomic E-state index is 4.86. The van der Waals surface area contributed by atoms with Crippen LogP contribution in [0.25, 0.3) is 0 Å². The van der Waals surface area contributed by atoms with Crippen LogP contribution in [0.3, 0.4) is 0 Å². The molecule has 0 aliphatic carbocycles. The molecule has 0 amide bonds. The Hall–Kier alpha value is 0.759. The molecule has 0 atom stereocenters. The van der Waals surface area contributed by atoms with Gasteiger partial charge in [-0.15, -0.1) is 0 Å². The fourth-order valence-corrected chi connectivity index (χ4v) is 0.968. The predicted molar refractivity (Wildman–Crippen MR) is 23.2 cm³/mol. The van der Waals surface area contributed by atoms with Gasteiger partial charge < -0.3 is 0 Å². The molecule has 0 N–H and O–H groups in total. The molecular weight excluding hydrogens is 171 g/mol. The summed E-state index contributed by atoms with van der Waals surface area (Å²) in [5.74, 6) is 0. The first-order valence-corrected chi connectivity index (χ1v) is 4.86. The van der Waals surface area contributed by atoms with Gasteiger partial charge in [0, 0.05) is 0 Å². The summed E-state index contributed by atoms with van der Waals surface area (Å²) in [5, 5.41) is 0. The first-order valence-electron chi connectivity index (χ1n) is 1.67. The van der Waals surface area contributed by atoms with Crippen molar-refractivity contribution in [2.45, 2.75) is 11.4 Å². The van der Waals surface area contributed by atoms with Gasteiger partial charge in [-0.05, 0) is 0 Å². The molecule has 0 saturated carbocycles. The van der Waals surface area contributed by atoms with E-state index in [2.05, 4.69) is 6.92 Å². The zero-order valence-corrected chi connectivity index (χ0v) is 6.47. The minimum absolute atomic E-state index is 0.282. The molecule has 2 radical (unpaired) electrons. The molecule has 5 heavy (non-hydrogen) atoms. The Morgan fingerprint density at radius 3 is 2.40 bits per heavy atom. The van der Waals surface area contributed by atoms with E-state index in [1.807, 2.05) is 0 Å². The Balaban J connectivity index is 2.19. The van der Waals surface area contributed by atoms with Crippen LogP contribution in [0.15, 0.2) is 0 Å². The van der Waals surface area contributed by atoms with Crippen LogP contribution in [0, 0.1) is 0 Å². The summed E-state index contributed by atoms with van der Waals surface area (Å²) in [6, 6.07) is 0. The average Bonchev–Trinajstić information content (AvgIpc) is 1.41. The van der Waals surface area contributed by atoms with Gasteiger partial charge in [0.15, 0.2) is 0 Å². The molecule has 0 heterocycles. The summed E-state index contributed by atoms with van der Waals surface area (Å²) < 4.78 is 6.15. The van der Waals surface area contributed by atoms with Crippen LogP contribution in [0.2, 0.25) is 4.44 Å². The van der Waals surface area contributed by atoms with Gasteiger partial charge in [0.2, 0.25) is 0 Å². The Labute approximate surface area is 43.5 Å². The van der Waals surface area contributed by atoms with Crippen LogP contribution in [0.4, 0.5) is 0 Å².